The molecule has 2 amide bonds. The highest BCUT2D eigenvalue weighted by Gasteiger charge is 2.27. The molecule has 0 spiro atoms. The predicted molar refractivity (Wildman–Crippen MR) is 111 cm³/mol. The molecular weight excluding hydrogens is 390 g/mol. The van der Waals surface area contributed by atoms with E-state index in [4.69, 9.17) is 0 Å². The van der Waals surface area contributed by atoms with Crippen molar-refractivity contribution >= 4 is 27.5 Å². The molecule has 1 saturated heterocycles. The van der Waals surface area contributed by atoms with Gasteiger partial charge in [-0.2, -0.15) is 4.31 Å². The highest BCUT2D eigenvalue weighted by molar-refractivity contribution is 7.89. The molecule has 2 aromatic carbocycles. The predicted octanol–water partition coefficient (Wildman–Crippen LogP) is 2.46. The van der Waals surface area contributed by atoms with E-state index in [1.807, 2.05) is 32.0 Å². The molecule has 2 aromatic rings. The van der Waals surface area contributed by atoms with E-state index in [-0.39, 0.29) is 22.9 Å². The van der Waals surface area contributed by atoms with Crippen molar-refractivity contribution in [1.82, 2.24) is 9.62 Å². The highest BCUT2D eigenvalue weighted by atomic mass is 32.2. The number of nitrogens with one attached hydrogen (secondary N) is 2. The van der Waals surface area contributed by atoms with Crippen molar-refractivity contribution < 1.29 is 18.0 Å². The largest absolute Gasteiger partial charge is 0.343 e. The molecule has 0 bridgehead atoms. The summed E-state index contributed by atoms with van der Waals surface area (Å²) in [5.74, 6) is -0.850. The van der Waals surface area contributed by atoms with Gasteiger partial charge in [-0.15, -0.1) is 0 Å². The molecule has 1 heterocycles. The van der Waals surface area contributed by atoms with Crippen LogP contribution in [0.4, 0.5) is 5.69 Å². The first-order valence-corrected chi connectivity index (χ1v) is 11.0. The maximum absolute atomic E-state index is 12.7. The number of carbonyl (C=O) groups excluding carboxylic acids is 2. The molecule has 0 saturated carbocycles. The third kappa shape index (κ3) is 4.83. The van der Waals surface area contributed by atoms with Crippen LogP contribution in [-0.4, -0.2) is 44.2 Å². The average Bonchev–Trinajstić information content (AvgIpc) is 3.25. The zero-order chi connectivity index (χ0) is 21.0. The Hall–Kier alpha value is -2.71. The lowest BCUT2D eigenvalue weighted by Gasteiger charge is -2.16. The molecule has 7 nitrogen and oxygen atoms in total. The second-order valence-electron chi connectivity index (χ2n) is 7.14. The van der Waals surface area contributed by atoms with Crippen molar-refractivity contribution in [3.63, 3.8) is 0 Å². The summed E-state index contributed by atoms with van der Waals surface area (Å²) in [5, 5.41) is 5.35. The lowest BCUT2D eigenvalue weighted by molar-refractivity contribution is -0.115. The summed E-state index contributed by atoms with van der Waals surface area (Å²) in [4.78, 5) is 24.8. The molecule has 0 unspecified atom stereocenters. The van der Waals surface area contributed by atoms with Gasteiger partial charge in [-0.1, -0.05) is 24.3 Å². The smallest absolute Gasteiger partial charge is 0.251 e. The topological polar surface area (TPSA) is 95.6 Å². The number of anilines is 1. The number of hydrogen-bond acceptors (Lipinski definition) is 4. The van der Waals surface area contributed by atoms with Crippen molar-refractivity contribution in [2.45, 2.75) is 31.6 Å². The number of para-hydroxylation sites is 1. The maximum atomic E-state index is 12.7. The molecule has 1 aliphatic heterocycles. The number of carbonyl (C=O) groups is 2. The van der Waals surface area contributed by atoms with Gasteiger partial charge in [-0.3, -0.25) is 9.59 Å². The summed E-state index contributed by atoms with van der Waals surface area (Å²) in [7, 11) is -3.60. The van der Waals surface area contributed by atoms with Crippen LogP contribution in [0.5, 0.6) is 0 Å². The SMILES string of the molecule is Cc1cccc(C)c1NC(=O)CNC(=O)c1cccc(S(=O)(=O)N2CCCC2)c1. The van der Waals surface area contributed by atoms with Gasteiger partial charge in [0.15, 0.2) is 0 Å². The van der Waals surface area contributed by atoms with E-state index >= 15 is 0 Å². The minimum absolute atomic E-state index is 0.0898. The van der Waals surface area contributed by atoms with E-state index in [1.54, 1.807) is 0 Å². The standard InChI is InChI=1S/C21H25N3O4S/c1-15-7-5-8-16(2)20(15)23-19(25)14-22-21(26)17-9-6-10-18(13-17)29(27,28)24-11-3-4-12-24/h5-10,13H,3-4,11-12,14H2,1-2H3,(H,22,26)(H,23,25). The van der Waals surface area contributed by atoms with Gasteiger partial charge >= 0.3 is 0 Å². The van der Waals surface area contributed by atoms with Gasteiger partial charge < -0.3 is 10.6 Å². The van der Waals surface area contributed by atoms with Gasteiger partial charge in [-0.25, -0.2) is 8.42 Å². The van der Waals surface area contributed by atoms with Crippen molar-refractivity contribution in [2.24, 2.45) is 0 Å². The fourth-order valence-electron chi connectivity index (χ4n) is 3.33. The van der Waals surface area contributed by atoms with Crippen LogP contribution < -0.4 is 10.6 Å². The average molecular weight is 416 g/mol. The molecule has 1 aliphatic rings. The van der Waals surface area contributed by atoms with E-state index in [9.17, 15) is 18.0 Å². The molecule has 3 rings (SSSR count). The number of benzene rings is 2. The van der Waals surface area contributed by atoms with Crippen molar-refractivity contribution in [2.75, 3.05) is 25.0 Å². The Kier molecular flexibility index (Phi) is 6.34. The fourth-order valence-corrected chi connectivity index (χ4v) is 4.90. The van der Waals surface area contributed by atoms with Gasteiger partial charge in [0.1, 0.15) is 0 Å². The van der Waals surface area contributed by atoms with Crippen LogP contribution in [0.15, 0.2) is 47.4 Å². The zero-order valence-electron chi connectivity index (χ0n) is 16.6. The minimum Gasteiger partial charge on any atom is -0.343 e. The monoisotopic (exact) mass is 415 g/mol. The fraction of sp³-hybridized carbons (Fsp3) is 0.333. The second kappa shape index (κ2) is 8.75. The Morgan fingerprint density at radius 1 is 1.00 bits per heavy atom. The van der Waals surface area contributed by atoms with Gasteiger partial charge in [-0.05, 0) is 56.0 Å². The van der Waals surface area contributed by atoms with Gasteiger partial charge in [0.25, 0.3) is 5.91 Å². The molecule has 0 atom stereocenters. The lowest BCUT2D eigenvalue weighted by atomic mass is 10.1. The molecule has 29 heavy (non-hydrogen) atoms. The Morgan fingerprint density at radius 3 is 2.28 bits per heavy atom. The zero-order valence-corrected chi connectivity index (χ0v) is 17.4. The van der Waals surface area contributed by atoms with Gasteiger partial charge in [0, 0.05) is 24.3 Å². The summed E-state index contributed by atoms with van der Waals surface area (Å²) in [5.41, 5.74) is 2.80. The second-order valence-corrected chi connectivity index (χ2v) is 9.07. The number of hydrogen-bond donors (Lipinski definition) is 2. The number of sulfonamides is 1. The van der Waals surface area contributed by atoms with Crippen molar-refractivity contribution in [1.29, 1.82) is 0 Å². The summed E-state index contributed by atoms with van der Waals surface area (Å²) >= 11 is 0. The van der Waals surface area contributed by atoms with E-state index in [0.29, 0.717) is 13.1 Å². The van der Waals surface area contributed by atoms with Crippen LogP contribution in [0.1, 0.15) is 34.3 Å². The summed E-state index contributed by atoms with van der Waals surface area (Å²) in [6.07, 6.45) is 1.68. The van der Waals surface area contributed by atoms with Crippen LogP contribution in [0.25, 0.3) is 0 Å². The van der Waals surface area contributed by atoms with Gasteiger partial charge in [0.2, 0.25) is 15.9 Å². The molecule has 1 fully saturated rings. The third-order valence-electron chi connectivity index (χ3n) is 4.95. The molecule has 0 radical (unpaired) electrons. The van der Waals surface area contributed by atoms with Crippen LogP contribution in [0.2, 0.25) is 0 Å². The first-order valence-electron chi connectivity index (χ1n) is 9.53. The number of aryl methyl sites for hydroxylation is 2. The Balaban J connectivity index is 1.64. The quantitative estimate of drug-likeness (QED) is 0.758. The minimum atomic E-state index is -3.60. The first kappa shape index (κ1) is 21.0. The van der Waals surface area contributed by atoms with E-state index in [2.05, 4.69) is 10.6 Å². The number of rotatable bonds is 6. The number of nitrogens with zero attached hydrogens (tertiary/aromatic N) is 1. The molecule has 154 valence electrons. The maximum Gasteiger partial charge on any atom is 0.251 e. The normalized spacial score (nSPS) is 14.6. The van der Waals surface area contributed by atoms with E-state index in [1.165, 1.54) is 28.6 Å². The first-order chi connectivity index (χ1) is 13.8. The summed E-state index contributed by atoms with van der Waals surface area (Å²) in [6.45, 7) is 4.57. The summed E-state index contributed by atoms with van der Waals surface area (Å²) < 4.78 is 26.8. The Morgan fingerprint density at radius 2 is 1.62 bits per heavy atom. The van der Waals surface area contributed by atoms with Crippen LogP contribution in [0.3, 0.4) is 0 Å². The van der Waals surface area contributed by atoms with Crippen LogP contribution in [0, 0.1) is 13.8 Å². The summed E-state index contributed by atoms with van der Waals surface area (Å²) in [6, 6.07) is 11.6. The molecular formula is C21H25N3O4S. The number of amides is 2. The third-order valence-corrected chi connectivity index (χ3v) is 6.85. The Labute approximate surface area is 171 Å². The van der Waals surface area contributed by atoms with E-state index in [0.717, 1.165) is 29.7 Å². The van der Waals surface area contributed by atoms with Crippen molar-refractivity contribution in [3.8, 4) is 0 Å². The van der Waals surface area contributed by atoms with E-state index < -0.39 is 15.9 Å². The Bertz CT molecular complexity index is 1010. The van der Waals surface area contributed by atoms with Gasteiger partial charge in [0.05, 0.1) is 11.4 Å². The van der Waals surface area contributed by atoms with Crippen molar-refractivity contribution in [3.05, 3.63) is 59.2 Å². The van der Waals surface area contributed by atoms with Crippen LogP contribution in [-0.2, 0) is 14.8 Å². The molecule has 0 aromatic heterocycles. The molecule has 8 heteroatoms. The lowest BCUT2D eigenvalue weighted by Crippen LogP contribution is -2.33. The molecule has 0 aliphatic carbocycles. The highest BCUT2D eigenvalue weighted by Crippen LogP contribution is 2.22. The van der Waals surface area contributed by atoms with Crippen LogP contribution >= 0.6 is 0 Å². The molecule has 2 N–H and O–H groups in total.